The summed E-state index contributed by atoms with van der Waals surface area (Å²) >= 11 is 0. The Hall–Kier alpha value is 0.260. The van der Waals surface area contributed by atoms with Crippen molar-refractivity contribution in [2.24, 2.45) is 0 Å². The average molecular weight is 683 g/mol. The second-order valence-corrected chi connectivity index (χ2v) is 16.3. The van der Waals surface area contributed by atoms with Gasteiger partial charge in [0.2, 0.25) is 0 Å². The van der Waals surface area contributed by atoms with E-state index in [0.29, 0.717) is 19.3 Å². The van der Waals surface area contributed by atoms with E-state index in [-0.39, 0.29) is 19.8 Å². The molecule has 0 aromatic carbocycles. The van der Waals surface area contributed by atoms with E-state index >= 15 is 0 Å². The fourth-order valence-electron chi connectivity index (χ4n) is 5.50. The Morgan fingerprint density at radius 3 is 0.911 bits per heavy atom. The highest BCUT2D eigenvalue weighted by Gasteiger charge is 2.38. The molecule has 0 rings (SSSR count). The minimum atomic E-state index is -4.55. The zero-order valence-corrected chi connectivity index (χ0v) is 31.9. The molecule has 272 valence electrons. The van der Waals surface area contributed by atoms with Crippen LogP contribution < -0.4 is 0 Å². The highest BCUT2D eigenvalue weighted by atomic mass is 31.3. The topological polar surface area (TPSA) is 91.3 Å². The molecule has 0 aliphatic heterocycles. The summed E-state index contributed by atoms with van der Waals surface area (Å²) in [5.74, 6) is 0. The van der Waals surface area contributed by atoms with E-state index in [1.54, 1.807) is 0 Å². The normalized spacial score (nSPS) is 14.5. The molecular weight excluding hydrogens is 606 g/mol. The fraction of sp³-hybridized carbons (Fsp3) is 1.00. The van der Waals surface area contributed by atoms with Gasteiger partial charge in [0, 0.05) is 0 Å². The van der Waals surface area contributed by atoms with Crippen molar-refractivity contribution < 1.29 is 31.9 Å². The molecule has 45 heavy (non-hydrogen) atoms. The Balaban J connectivity index is 3.96. The average Bonchev–Trinajstić information content (AvgIpc) is 3.01. The monoisotopic (exact) mass is 683 g/mol. The molecule has 0 heterocycles. The summed E-state index contributed by atoms with van der Waals surface area (Å²) in [6.45, 7) is 6.90. The first-order chi connectivity index (χ1) is 21.9. The van der Waals surface area contributed by atoms with Crippen molar-refractivity contribution in [3.63, 3.8) is 0 Å². The largest absolute Gasteiger partial charge is 0.483 e. The third-order valence-electron chi connectivity index (χ3n) is 8.45. The van der Waals surface area contributed by atoms with Crippen LogP contribution in [0.25, 0.3) is 0 Å². The summed E-state index contributed by atoms with van der Waals surface area (Å²) in [5, 5.41) is 0. The zero-order chi connectivity index (χ0) is 33.2. The lowest BCUT2D eigenvalue weighted by molar-refractivity contribution is 0.123. The number of phosphoric ester groups is 2. The van der Waals surface area contributed by atoms with Crippen LogP contribution in [0.5, 0.6) is 0 Å². The van der Waals surface area contributed by atoms with Crippen LogP contribution in [0.3, 0.4) is 0 Å². The maximum Gasteiger partial charge on any atom is 0.483 e. The molecule has 0 aliphatic carbocycles. The molecule has 9 heteroatoms. The van der Waals surface area contributed by atoms with Crippen molar-refractivity contribution in [1.29, 1.82) is 0 Å². The van der Waals surface area contributed by atoms with Crippen molar-refractivity contribution in [3.05, 3.63) is 0 Å². The lowest BCUT2D eigenvalue weighted by atomic mass is 10.0. The lowest BCUT2D eigenvalue weighted by Crippen LogP contribution is -2.04. The Labute approximate surface area is 280 Å². The van der Waals surface area contributed by atoms with Crippen LogP contribution in [0.4, 0.5) is 0 Å². The predicted molar refractivity (Wildman–Crippen MR) is 192 cm³/mol. The Bertz CT molecular complexity index is 692. The van der Waals surface area contributed by atoms with Gasteiger partial charge in [0.05, 0.1) is 19.8 Å². The molecule has 0 bridgehead atoms. The van der Waals surface area contributed by atoms with E-state index in [1.807, 2.05) is 6.92 Å². The molecule has 0 spiro atoms. The summed E-state index contributed by atoms with van der Waals surface area (Å²) in [7, 11) is -8.74. The van der Waals surface area contributed by atoms with Gasteiger partial charge in [-0.1, -0.05) is 194 Å². The van der Waals surface area contributed by atoms with Crippen molar-refractivity contribution in [1.82, 2.24) is 0 Å². The standard InChI is InChI=1S/C36H76O7P2/c1-4-7-10-12-14-16-18-20-22-24-26-28-30-32-35-40-44(37,38)43-45(39,41-34-9-6-3)42-36-33-31-29-27-25-23-21-19-17-15-13-11-8-5-2/h4-36H2,1-3H3,(H,37,38). The molecule has 0 saturated carbocycles. The first-order valence-electron chi connectivity index (χ1n) is 19.5. The molecule has 7 nitrogen and oxygen atoms in total. The summed E-state index contributed by atoms with van der Waals surface area (Å²) < 4.78 is 46.6. The Morgan fingerprint density at radius 1 is 0.356 bits per heavy atom. The van der Waals surface area contributed by atoms with Crippen molar-refractivity contribution in [2.75, 3.05) is 19.8 Å². The molecular formula is C36H76O7P2. The van der Waals surface area contributed by atoms with Gasteiger partial charge < -0.3 is 4.89 Å². The second-order valence-electron chi connectivity index (χ2n) is 13.0. The molecule has 2 atom stereocenters. The van der Waals surface area contributed by atoms with Crippen molar-refractivity contribution >= 4 is 15.6 Å². The summed E-state index contributed by atoms with van der Waals surface area (Å²) in [4.78, 5) is 10.2. The summed E-state index contributed by atoms with van der Waals surface area (Å²) in [6, 6.07) is 0. The third-order valence-corrected chi connectivity index (χ3v) is 11.6. The second kappa shape index (κ2) is 34.1. The number of hydrogen-bond acceptors (Lipinski definition) is 6. The minimum absolute atomic E-state index is 0.0831. The van der Waals surface area contributed by atoms with Gasteiger partial charge in [0.15, 0.2) is 0 Å². The zero-order valence-electron chi connectivity index (χ0n) is 30.1. The SMILES string of the molecule is CCCCCCCCCCCCCCCCOP(=O)(O)OP(=O)(OCCCC)OCCCCCCCCCCCCCCCC. The van der Waals surface area contributed by atoms with Crippen LogP contribution in [-0.4, -0.2) is 24.7 Å². The molecule has 0 radical (unpaired) electrons. The Morgan fingerprint density at radius 2 is 0.600 bits per heavy atom. The summed E-state index contributed by atoms with van der Waals surface area (Å²) in [5.41, 5.74) is 0. The van der Waals surface area contributed by atoms with Crippen LogP contribution >= 0.6 is 15.6 Å². The van der Waals surface area contributed by atoms with Gasteiger partial charge in [-0.2, -0.15) is 4.31 Å². The van der Waals surface area contributed by atoms with Crippen LogP contribution in [-0.2, 0) is 27.0 Å². The van der Waals surface area contributed by atoms with Gasteiger partial charge in [-0.05, 0) is 19.3 Å². The van der Waals surface area contributed by atoms with E-state index in [9.17, 15) is 14.0 Å². The van der Waals surface area contributed by atoms with E-state index in [1.165, 1.54) is 141 Å². The first-order valence-corrected chi connectivity index (χ1v) is 22.4. The smallest absolute Gasteiger partial charge is 0.302 e. The molecule has 0 aromatic heterocycles. The van der Waals surface area contributed by atoms with Gasteiger partial charge in [-0.25, -0.2) is 9.13 Å². The van der Waals surface area contributed by atoms with Crippen LogP contribution in [0.1, 0.15) is 213 Å². The van der Waals surface area contributed by atoms with Crippen molar-refractivity contribution in [2.45, 2.75) is 213 Å². The predicted octanol–water partition coefficient (Wildman–Crippen LogP) is 14.0. The number of rotatable bonds is 38. The number of phosphoric acid groups is 2. The van der Waals surface area contributed by atoms with E-state index in [2.05, 4.69) is 13.8 Å². The van der Waals surface area contributed by atoms with Gasteiger partial charge in [0.25, 0.3) is 0 Å². The molecule has 0 fully saturated rings. The molecule has 0 aromatic rings. The van der Waals surface area contributed by atoms with Gasteiger partial charge in [0.1, 0.15) is 0 Å². The number of hydrogen-bond donors (Lipinski definition) is 1. The number of unbranched alkanes of at least 4 members (excludes halogenated alkanes) is 27. The quantitative estimate of drug-likeness (QED) is 0.0512. The highest BCUT2D eigenvalue weighted by molar-refractivity contribution is 7.61. The molecule has 2 unspecified atom stereocenters. The van der Waals surface area contributed by atoms with Crippen LogP contribution in [0.2, 0.25) is 0 Å². The Kier molecular flexibility index (Phi) is 34.3. The maximum absolute atomic E-state index is 13.1. The fourth-order valence-corrected chi connectivity index (χ4v) is 8.22. The van der Waals surface area contributed by atoms with E-state index in [4.69, 9.17) is 17.9 Å². The van der Waals surface area contributed by atoms with E-state index in [0.717, 1.165) is 32.1 Å². The lowest BCUT2D eigenvalue weighted by Gasteiger charge is -2.20. The van der Waals surface area contributed by atoms with Crippen LogP contribution in [0.15, 0.2) is 0 Å². The molecule has 0 saturated heterocycles. The molecule has 1 N–H and O–H groups in total. The van der Waals surface area contributed by atoms with Gasteiger partial charge in [-0.15, -0.1) is 0 Å². The van der Waals surface area contributed by atoms with E-state index < -0.39 is 15.6 Å². The van der Waals surface area contributed by atoms with Gasteiger partial charge in [-0.3, -0.25) is 13.6 Å². The highest BCUT2D eigenvalue weighted by Crippen LogP contribution is 2.63. The molecule has 0 aliphatic rings. The van der Waals surface area contributed by atoms with Crippen LogP contribution in [0, 0.1) is 0 Å². The van der Waals surface area contributed by atoms with Crippen molar-refractivity contribution in [3.8, 4) is 0 Å². The third kappa shape index (κ3) is 33.9. The molecule has 0 amide bonds. The summed E-state index contributed by atoms with van der Waals surface area (Å²) in [6.07, 6.45) is 36.1. The maximum atomic E-state index is 13.1. The van der Waals surface area contributed by atoms with Gasteiger partial charge >= 0.3 is 15.6 Å². The minimum Gasteiger partial charge on any atom is -0.302 e. The first kappa shape index (κ1) is 45.3.